The molecule has 0 saturated carbocycles. The third-order valence-electron chi connectivity index (χ3n) is 5.28. The molecule has 0 bridgehead atoms. The Morgan fingerprint density at radius 2 is 1.62 bits per heavy atom. The summed E-state index contributed by atoms with van der Waals surface area (Å²) in [5.74, 6) is -0.0215. The molecule has 0 unspecified atom stereocenters. The first-order valence-corrected chi connectivity index (χ1v) is 11.1. The van der Waals surface area contributed by atoms with Gasteiger partial charge in [-0.05, 0) is 60.6 Å². The Balaban J connectivity index is 1.81. The van der Waals surface area contributed by atoms with E-state index in [0.29, 0.717) is 35.0 Å². The second-order valence-corrected chi connectivity index (χ2v) is 8.11. The quantitative estimate of drug-likeness (QED) is 0.363. The predicted octanol–water partition coefficient (Wildman–Crippen LogP) is 4.52. The van der Waals surface area contributed by atoms with Crippen molar-refractivity contribution in [2.24, 2.45) is 0 Å². The average Bonchev–Trinajstić information content (AvgIpc) is 2.99. The molecule has 3 rings (SSSR count). The lowest BCUT2D eigenvalue weighted by atomic mass is 9.99. The maximum Gasteiger partial charge on any atom is 0.334 e. The number of imide groups is 1. The molecule has 1 heterocycles. The molecule has 6 heteroatoms. The summed E-state index contributed by atoms with van der Waals surface area (Å²) >= 11 is 1.55. The van der Waals surface area contributed by atoms with Gasteiger partial charge in [-0.25, -0.2) is 4.79 Å². The number of carbonyl (C=O) groups excluding carboxylic acids is 3. The molecule has 2 aromatic rings. The number of thioether (sulfide) groups is 1. The smallest absolute Gasteiger partial charge is 0.334 e. The van der Waals surface area contributed by atoms with Gasteiger partial charge in [-0.15, -0.1) is 0 Å². The highest BCUT2D eigenvalue weighted by Crippen LogP contribution is 2.27. The lowest BCUT2D eigenvalue weighted by Crippen LogP contribution is -2.47. The summed E-state index contributed by atoms with van der Waals surface area (Å²) in [4.78, 5) is 39.6. The third kappa shape index (κ3) is 4.37. The number of esters is 1. The van der Waals surface area contributed by atoms with E-state index in [-0.39, 0.29) is 0 Å². The van der Waals surface area contributed by atoms with Gasteiger partial charge in [-0.3, -0.25) is 14.5 Å². The zero-order valence-electron chi connectivity index (χ0n) is 16.9. The third-order valence-corrected chi connectivity index (χ3v) is 5.93. The summed E-state index contributed by atoms with van der Waals surface area (Å²) in [5, 5.41) is 0. The fourth-order valence-electron chi connectivity index (χ4n) is 3.36. The van der Waals surface area contributed by atoms with Crippen LogP contribution in [0.2, 0.25) is 0 Å². The van der Waals surface area contributed by atoms with Gasteiger partial charge in [0, 0.05) is 0 Å². The zero-order valence-corrected chi connectivity index (χ0v) is 17.7. The minimum absolute atomic E-state index is 0.331. The van der Waals surface area contributed by atoms with Crippen molar-refractivity contribution in [2.75, 3.05) is 12.0 Å². The van der Waals surface area contributed by atoms with Crippen LogP contribution in [0, 0.1) is 0 Å². The Morgan fingerprint density at radius 1 is 1.03 bits per heavy atom. The fourth-order valence-corrected chi connectivity index (χ4v) is 3.82. The second-order valence-electron chi connectivity index (χ2n) is 7.12. The molecule has 0 N–H and O–H groups in total. The molecule has 0 spiro atoms. The van der Waals surface area contributed by atoms with E-state index in [9.17, 15) is 14.4 Å². The number of hydrogen-bond acceptors (Lipinski definition) is 5. The Kier molecular flexibility index (Phi) is 6.75. The summed E-state index contributed by atoms with van der Waals surface area (Å²) in [5.41, 5.74) is 1.83. The molecule has 0 aromatic heterocycles. The van der Waals surface area contributed by atoms with Crippen LogP contribution in [-0.2, 0) is 4.79 Å². The number of carbonyl (C=O) groups is 3. The van der Waals surface area contributed by atoms with Crippen LogP contribution in [0.5, 0.6) is 5.75 Å². The van der Waals surface area contributed by atoms with Crippen LogP contribution >= 0.6 is 11.8 Å². The molecule has 152 valence electrons. The number of rotatable bonds is 8. The van der Waals surface area contributed by atoms with E-state index in [1.54, 1.807) is 48.2 Å². The number of nitrogens with zero attached hydrogens (tertiary/aromatic N) is 1. The summed E-state index contributed by atoms with van der Waals surface area (Å²) in [6.45, 7) is 4.26. The number of amides is 2. The Labute approximate surface area is 175 Å². The van der Waals surface area contributed by atoms with Crippen LogP contribution in [0.15, 0.2) is 48.5 Å². The summed E-state index contributed by atoms with van der Waals surface area (Å²) < 4.78 is 5.56. The lowest BCUT2D eigenvalue weighted by molar-refractivity contribution is -0.138. The van der Waals surface area contributed by atoms with E-state index < -0.39 is 23.8 Å². The predicted molar refractivity (Wildman–Crippen MR) is 115 cm³/mol. The molecule has 2 aromatic carbocycles. The molecule has 0 saturated heterocycles. The lowest BCUT2D eigenvalue weighted by Gasteiger charge is -2.24. The molecule has 2 atom stereocenters. The SMILES string of the molecule is CC[C@@H](C)c1ccc(OC(=O)[C@H](CCSC)N2C(=O)c3ccccc3C2=O)cc1. The molecular formula is C23H25NO4S. The summed E-state index contributed by atoms with van der Waals surface area (Å²) in [6.07, 6.45) is 3.28. The van der Waals surface area contributed by atoms with Crippen LogP contribution in [-0.4, -0.2) is 40.7 Å². The first-order valence-electron chi connectivity index (χ1n) is 9.75. The van der Waals surface area contributed by atoms with Gasteiger partial charge in [0.05, 0.1) is 11.1 Å². The maximum absolute atomic E-state index is 12.9. The van der Waals surface area contributed by atoms with Gasteiger partial charge < -0.3 is 4.74 Å². The molecule has 0 fully saturated rings. The van der Waals surface area contributed by atoms with Crippen molar-refractivity contribution in [3.63, 3.8) is 0 Å². The van der Waals surface area contributed by atoms with Crippen molar-refractivity contribution < 1.29 is 19.1 Å². The normalized spacial score (nSPS) is 15.2. The Morgan fingerprint density at radius 3 is 2.14 bits per heavy atom. The van der Waals surface area contributed by atoms with Gasteiger partial charge in [-0.2, -0.15) is 11.8 Å². The number of ether oxygens (including phenoxy) is 1. The van der Waals surface area contributed by atoms with E-state index >= 15 is 0 Å². The first-order chi connectivity index (χ1) is 14.0. The highest BCUT2D eigenvalue weighted by Gasteiger charge is 2.43. The van der Waals surface area contributed by atoms with Crippen LogP contribution in [0.1, 0.15) is 58.9 Å². The van der Waals surface area contributed by atoms with Crippen molar-refractivity contribution in [1.82, 2.24) is 4.90 Å². The molecule has 2 amide bonds. The van der Waals surface area contributed by atoms with Gasteiger partial charge in [-0.1, -0.05) is 38.1 Å². The number of fused-ring (bicyclic) bond motifs is 1. The van der Waals surface area contributed by atoms with Crippen LogP contribution < -0.4 is 4.74 Å². The Hall–Kier alpha value is -2.60. The van der Waals surface area contributed by atoms with Crippen LogP contribution in [0.25, 0.3) is 0 Å². The van der Waals surface area contributed by atoms with Gasteiger partial charge in [0.2, 0.25) is 0 Å². The van der Waals surface area contributed by atoms with Gasteiger partial charge in [0.1, 0.15) is 11.8 Å². The van der Waals surface area contributed by atoms with Crippen molar-refractivity contribution in [3.8, 4) is 5.75 Å². The van der Waals surface area contributed by atoms with Gasteiger partial charge in [0.25, 0.3) is 11.8 Å². The molecule has 0 aliphatic carbocycles. The topological polar surface area (TPSA) is 63.7 Å². The summed E-state index contributed by atoms with van der Waals surface area (Å²) in [6, 6.07) is 13.1. The van der Waals surface area contributed by atoms with Crippen molar-refractivity contribution in [1.29, 1.82) is 0 Å². The van der Waals surface area contributed by atoms with Crippen LogP contribution in [0.3, 0.4) is 0 Å². The second kappa shape index (κ2) is 9.27. The monoisotopic (exact) mass is 411 g/mol. The molecular weight excluding hydrogens is 386 g/mol. The molecule has 29 heavy (non-hydrogen) atoms. The molecule has 1 aliphatic rings. The first kappa shape index (κ1) is 21.1. The molecule has 5 nitrogen and oxygen atoms in total. The number of benzene rings is 2. The van der Waals surface area contributed by atoms with E-state index in [1.807, 2.05) is 18.4 Å². The van der Waals surface area contributed by atoms with Gasteiger partial charge in [0.15, 0.2) is 0 Å². The van der Waals surface area contributed by atoms with Crippen molar-refractivity contribution in [3.05, 3.63) is 65.2 Å². The standard InChI is InChI=1S/C23H25NO4S/c1-4-15(2)16-9-11-17(12-10-16)28-23(27)20(13-14-29-3)24-21(25)18-7-5-6-8-19(18)22(24)26/h5-12,15,20H,4,13-14H2,1-3H3/t15-,20+/m1/s1. The van der Waals surface area contributed by atoms with E-state index in [0.717, 1.165) is 11.3 Å². The van der Waals surface area contributed by atoms with E-state index in [2.05, 4.69) is 13.8 Å². The zero-order chi connectivity index (χ0) is 21.0. The summed E-state index contributed by atoms with van der Waals surface area (Å²) in [7, 11) is 0. The minimum atomic E-state index is -0.955. The van der Waals surface area contributed by atoms with E-state index in [4.69, 9.17) is 4.74 Å². The minimum Gasteiger partial charge on any atom is -0.425 e. The molecule has 0 radical (unpaired) electrons. The average molecular weight is 412 g/mol. The molecule has 1 aliphatic heterocycles. The fraction of sp³-hybridized carbons (Fsp3) is 0.348. The maximum atomic E-state index is 12.9. The highest BCUT2D eigenvalue weighted by molar-refractivity contribution is 7.98. The highest BCUT2D eigenvalue weighted by atomic mass is 32.2. The van der Waals surface area contributed by atoms with Gasteiger partial charge >= 0.3 is 5.97 Å². The largest absolute Gasteiger partial charge is 0.425 e. The van der Waals surface area contributed by atoms with E-state index in [1.165, 1.54) is 5.56 Å². The number of hydrogen-bond donors (Lipinski definition) is 0. The van der Waals surface area contributed by atoms with Crippen molar-refractivity contribution >= 4 is 29.5 Å². The Bertz CT molecular complexity index is 874. The van der Waals surface area contributed by atoms with Crippen LogP contribution in [0.4, 0.5) is 0 Å². The van der Waals surface area contributed by atoms with Crippen molar-refractivity contribution in [2.45, 2.75) is 38.6 Å².